The summed E-state index contributed by atoms with van der Waals surface area (Å²) in [5, 5.41) is 3.28. The number of nitrogens with one attached hydrogen (secondary N) is 1. The van der Waals surface area contributed by atoms with Gasteiger partial charge in [0.2, 0.25) is 0 Å². The molecule has 104 valence electrons. The summed E-state index contributed by atoms with van der Waals surface area (Å²) in [5.74, 6) is 1.38. The van der Waals surface area contributed by atoms with Gasteiger partial charge in [0.05, 0.1) is 0 Å². The standard InChI is InChI=1S/C16H19N3S/c1-11(2)13-5-3-12(4-6-13)9-18-15-8-7-14(10-19-15)16(17)20/h3-8,10-11H,9H2,1-2H3,(H2,17,20)(H,18,19). The molecule has 0 spiro atoms. The van der Waals surface area contributed by atoms with E-state index in [4.69, 9.17) is 18.0 Å². The van der Waals surface area contributed by atoms with Crippen molar-refractivity contribution in [2.45, 2.75) is 26.3 Å². The fourth-order valence-electron chi connectivity index (χ4n) is 1.86. The zero-order valence-electron chi connectivity index (χ0n) is 11.8. The van der Waals surface area contributed by atoms with Crippen LogP contribution in [0.1, 0.15) is 36.5 Å². The predicted octanol–water partition coefficient (Wildman–Crippen LogP) is 3.45. The Morgan fingerprint density at radius 1 is 1.20 bits per heavy atom. The molecule has 1 heterocycles. The van der Waals surface area contributed by atoms with E-state index >= 15 is 0 Å². The number of hydrogen-bond donors (Lipinski definition) is 2. The molecule has 0 atom stereocenters. The quantitative estimate of drug-likeness (QED) is 0.826. The summed E-state index contributed by atoms with van der Waals surface area (Å²) >= 11 is 4.90. The minimum Gasteiger partial charge on any atom is -0.389 e. The molecule has 2 rings (SSSR count). The van der Waals surface area contributed by atoms with Gasteiger partial charge < -0.3 is 11.1 Å². The summed E-state index contributed by atoms with van der Waals surface area (Å²) in [6.45, 7) is 5.14. The second-order valence-electron chi connectivity index (χ2n) is 5.05. The Bertz CT molecular complexity index is 574. The van der Waals surface area contributed by atoms with Crippen LogP contribution < -0.4 is 11.1 Å². The van der Waals surface area contributed by atoms with Gasteiger partial charge in [0.25, 0.3) is 0 Å². The molecule has 0 fully saturated rings. The van der Waals surface area contributed by atoms with Crippen LogP contribution in [-0.2, 0) is 6.54 Å². The van der Waals surface area contributed by atoms with Crippen molar-refractivity contribution in [3.8, 4) is 0 Å². The van der Waals surface area contributed by atoms with E-state index in [0.29, 0.717) is 10.9 Å². The molecule has 0 saturated carbocycles. The lowest BCUT2D eigenvalue weighted by Gasteiger charge is -2.09. The largest absolute Gasteiger partial charge is 0.389 e. The van der Waals surface area contributed by atoms with Crippen molar-refractivity contribution in [1.29, 1.82) is 0 Å². The monoisotopic (exact) mass is 285 g/mol. The minimum atomic E-state index is 0.369. The van der Waals surface area contributed by atoms with Gasteiger partial charge in [0, 0.05) is 18.3 Å². The van der Waals surface area contributed by atoms with Gasteiger partial charge in [-0.3, -0.25) is 0 Å². The molecule has 2 aromatic rings. The number of aromatic nitrogens is 1. The third-order valence-corrected chi connectivity index (χ3v) is 3.40. The molecule has 0 radical (unpaired) electrons. The van der Waals surface area contributed by atoms with Crippen molar-refractivity contribution in [2.75, 3.05) is 5.32 Å². The highest BCUT2D eigenvalue weighted by Gasteiger charge is 2.00. The minimum absolute atomic E-state index is 0.369. The maximum Gasteiger partial charge on any atom is 0.126 e. The summed E-state index contributed by atoms with van der Waals surface area (Å²) in [5.41, 5.74) is 8.91. The summed E-state index contributed by atoms with van der Waals surface area (Å²) in [6, 6.07) is 12.4. The van der Waals surface area contributed by atoms with E-state index in [-0.39, 0.29) is 0 Å². The molecule has 0 aliphatic heterocycles. The maximum absolute atomic E-state index is 5.54. The topological polar surface area (TPSA) is 50.9 Å². The van der Waals surface area contributed by atoms with Gasteiger partial charge in [0.15, 0.2) is 0 Å². The van der Waals surface area contributed by atoms with Crippen LogP contribution in [0.4, 0.5) is 5.82 Å². The molecule has 0 unspecified atom stereocenters. The Hall–Kier alpha value is -1.94. The Morgan fingerprint density at radius 3 is 2.40 bits per heavy atom. The summed E-state index contributed by atoms with van der Waals surface area (Å²) < 4.78 is 0. The molecule has 0 aliphatic carbocycles. The zero-order valence-corrected chi connectivity index (χ0v) is 12.6. The summed E-state index contributed by atoms with van der Waals surface area (Å²) in [6.07, 6.45) is 1.69. The maximum atomic E-state index is 5.54. The summed E-state index contributed by atoms with van der Waals surface area (Å²) in [4.78, 5) is 4.65. The first-order chi connectivity index (χ1) is 9.56. The van der Waals surface area contributed by atoms with Crippen LogP contribution >= 0.6 is 12.2 Å². The molecule has 0 saturated heterocycles. The highest BCUT2D eigenvalue weighted by atomic mass is 32.1. The number of thiocarbonyl (C=S) groups is 1. The second-order valence-corrected chi connectivity index (χ2v) is 5.49. The van der Waals surface area contributed by atoms with Crippen LogP contribution in [0.3, 0.4) is 0 Å². The molecule has 4 heteroatoms. The third-order valence-electron chi connectivity index (χ3n) is 3.17. The van der Waals surface area contributed by atoms with Crippen molar-refractivity contribution in [3.63, 3.8) is 0 Å². The molecule has 20 heavy (non-hydrogen) atoms. The lowest BCUT2D eigenvalue weighted by Crippen LogP contribution is -2.10. The van der Waals surface area contributed by atoms with Crippen molar-refractivity contribution >= 4 is 23.0 Å². The predicted molar refractivity (Wildman–Crippen MR) is 88.0 cm³/mol. The first kappa shape index (κ1) is 14.5. The third kappa shape index (κ3) is 3.78. The van der Waals surface area contributed by atoms with Crippen molar-refractivity contribution in [2.24, 2.45) is 5.73 Å². The molecular formula is C16H19N3S. The normalized spacial score (nSPS) is 10.6. The highest BCUT2D eigenvalue weighted by molar-refractivity contribution is 7.80. The van der Waals surface area contributed by atoms with Gasteiger partial charge in [-0.1, -0.05) is 50.3 Å². The number of pyridine rings is 1. The molecule has 3 nitrogen and oxygen atoms in total. The molecule has 0 bridgehead atoms. The number of nitrogens with zero attached hydrogens (tertiary/aromatic N) is 1. The van der Waals surface area contributed by atoms with Gasteiger partial charge >= 0.3 is 0 Å². The van der Waals surface area contributed by atoms with E-state index in [1.54, 1.807) is 6.20 Å². The SMILES string of the molecule is CC(C)c1ccc(CNc2ccc(C(N)=S)cn2)cc1. The first-order valence-electron chi connectivity index (χ1n) is 6.65. The van der Waals surface area contributed by atoms with E-state index in [1.165, 1.54) is 11.1 Å². The van der Waals surface area contributed by atoms with Crippen LogP contribution in [-0.4, -0.2) is 9.97 Å². The van der Waals surface area contributed by atoms with E-state index < -0.39 is 0 Å². The lowest BCUT2D eigenvalue weighted by molar-refractivity contribution is 0.865. The molecule has 3 N–H and O–H groups in total. The molecule has 0 aliphatic rings. The average Bonchev–Trinajstić information content (AvgIpc) is 2.46. The molecule has 1 aromatic heterocycles. The van der Waals surface area contributed by atoms with Gasteiger partial charge in [-0.2, -0.15) is 0 Å². The average molecular weight is 285 g/mol. The lowest BCUT2D eigenvalue weighted by atomic mass is 10.0. The number of benzene rings is 1. The Morgan fingerprint density at radius 2 is 1.90 bits per heavy atom. The van der Waals surface area contributed by atoms with Crippen molar-refractivity contribution in [3.05, 3.63) is 59.3 Å². The number of anilines is 1. The van der Waals surface area contributed by atoms with Gasteiger partial charge in [-0.25, -0.2) is 4.98 Å². The van der Waals surface area contributed by atoms with Crippen LogP contribution in [0.5, 0.6) is 0 Å². The fraction of sp³-hybridized carbons (Fsp3) is 0.250. The van der Waals surface area contributed by atoms with Gasteiger partial charge in [-0.05, 0) is 29.2 Å². The Balaban J connectivity index is 1.96. The number of nitrogens with two attached hydrogens (primary N) is 1. The van der Waals surface area contributed by atoms with E-state index in [1.807, 2.05) is 12.1 Å². The smallest absolute Gasteiger partial charge is 0.126 e. The molecular weight excluding hydrogens is 266 g/mol. The Kier molecular flexibility index (Phi) is 4.69. The van der Waals surface area contributed by atoms with Crippen LogP contribution in [0.15, 0.2) is 42.6 Å². The fourth-order valence-corrected chi connectivity index (χ4v) is 1.98. The van der Waals surface area contributed by atoms with E-state index in [0.717, 1.165) is 17.9 Å². The van der Waals surface area contributed by atoms with E-state index in [2.05, 4.69) is 48.4 Å². The second kappa shape index (κ2) is 6.48. The van der Waals surface area contributed by atoms with Crippen LogP contribution in [0, 0.1) is 0 Å². The highest BCUT2D eigenvalue weighted by Crippen LogP contribution is 2.15. The van der Waals surface area contributed by atoms with Gasteiger partial charge in [0.1, 0.15) is 10.8 Å². The van der Waals surface area contributed by atoms with Crippen molar-refractivity contribution in [1.82, 2.24) is 4.98 Å². The Labute approximate surface area is 125 Å². The zero-order chi connectivity index (χ0) is 14.5. The van der Waals surface area contributed by atoms with Crippen LogP contribution in [0.25, 0.3) is 0 Å². The number of hydrogen-bond acceptors (Lipinski definition) is 3. The van der Waals surface area contributed by atoms with Gasteiger partial charge in [-0.15, -0.1) is 0 Å². The van der Waals surface area contributed by atoms with Crippen molar-refractivity contribution < 1.29 is 0 Å². The van der Waals surface area contributed by atoms with Crippen LogP contribution in [0.2, 0.25) is 0 Å². The van der Waals surface area contributed by atoms with E-state index in [9.17, 15) is 0 Å². The number of rotatable bonds is 5. The first-order valence-corrected chi connectivity index (χ1v) is 7.05. The molecule has 0 amide bonds. The molecule has 1 aromatic carbocycles. The summed E-state index contributed by atoms with van der Waals surface area (Å²) in [7, 11) is 0.